The van der Waals surface area contributed by atoms with Crippen LogP contribution >= 0.6 is 0 Å². The van der Waals surface area contributed by atoms with Crippen molar-refractivity contribution in [2.45, 2.75) is 45.3 Å². The average Bonchev–Trinajstić information content (AvgIpc) is 3.46. The summed E-state index contributed by atoms with van der Waals surface area (Å²) in [4.78, 5) is 19.0. The largest absolute Gasteiger partial charge is 0.490 e. The van der Waals surface area contributed by atoms with E-state index in [4.69, 9.17) is 9.26 Å². The van der Waals surface area contributed by atoms with Gasteiger partial charge in [0, 0.05) is 24.1 Å². The van der Waals surface area contributed by atoms with Gasteiger partial charge in [0.1, 0.15) is 11.8 Å². The maximum absolute atomic E-state index is 12.5. The Morgan fingerprint density at radius 3 is 2.94 bits per heavy atom. The van der Waals surface area contributed by atoms with E-state index in [1.54, 1.807) is 18.2 Å². The highest BCUT2D eigenvalue weighted by Gasteiger charge is 2.42. The highest BCUT2D eigenvalue weighted by molar-refractivity contribution is 5.79. The van der Waals surface area contributed by atoms with E-state index in [1.165, 1.54) is 0 Å². The molecule has 0 bridgehead atoms. The summed E-state index contributed by atoms with van der Waals surface area (Å²) < 4.78 is 11.3. The van der Waals surface area contributed by atoms with Gasteiger partial charge in [0.05, 0.1) is 24.3 Å². The van der Waals surface area contributed by atoms with Gasteiger partial charge < -0.3 is 19.3 Å². The number of rotatable bonds is 6. The first-order chi connectivity index (χ1) is 16.5. The number of carbonyl (C=O) groups is 1. The van der Waals surface area contributed by atoms with Crippen molar-refractivity contribution in [1.82, 2.24) is 15.0 Å². The zero-order valence-electron chi connectivity index (χ0n) is 19.2. The first-order valence-electron chi connectivity index (χ1n) is 11.6. The number of benzene rings is 2. The molecule has 0 radical (unpaired) electrons. The number of ether oxygens (including phenoxy) is 1. The van der Waals surface area contributed by atoms with E-state index in [2.05, 4.69) is 22.3 Å². The molecule has 174 valence electrons. The van der Waals surface area contributed by atoms with Crippen molar-refractivity contribution in [2.24, 2.45) is 5.92 Å². The minimum atomic E-state index is -0.0517. The van der Waals surface area contributed by atoms with Crippen molar-refractivity contribution in [3.63, 3.8) is 0 Å². The second-order valence-corrected chi connectivity index (χ2v) is 9.04. The highest BCUT2D eigenvalue weighted by Crippen LogP contribution is 2.48. The molecule has 0 spiro atoms. The topological polar surface area (TPSA) is 112 Å². The number of nitriles is 1. The van der Waals surface area contributed by atoms with E-state index in [9.17, 15) is 15.2 Å². The third kappa shape index (κ3) is 3.82. The van der Waals surface area contributed by atoms with Crippen LogP contribution in [0.25, 0.3) is 22.8 Å². The summed E-state index contributed by atoms with van der Waals surface area (Å²) in [5.41, 5.74) is 4.16. The second-order valence-electron chi connectivity index (χ2n) is 9.04. The smallest absolute Gasteiger partial charge is 0.258 e. The van der Waals surface area contributed by atoms with E-state index in [1.807, 2.05) is 30.9 Å². The van der Waals surface area contributed by atoms with Gasteiger partial charge in [-0.3, -0.25) is 4.79 Å². The van der Waals surface area contributed by atoms with Crippen molar-refractivity contribution in [2.75, 3.05) is 13.2 Å². The van der Waals surface area contributed by atoms with Crippen molar-refractivity contribution in [1.29, 1.82) is 5.26 Å². The summed E-state index contributed by atoms with van der Waals surface area (Å²) in [6, 6.07) is 13.4. The summed E-state index contributed by atoms with van der Waals surface area (Å²) in [6.45, 7) is 4.11. The number of fused-ring (bicyclic) bond motifs is 3. The van der Waals surface area contributed by atoms with Crippen LogP contribution in [0.5, 0.6) is 5.75 Å². The molecule has 1 N–H and O–H groups in total. The predicted molar refractivity (Wildman–Crippen MR) is 124 cm³/mol. The molecule has 1 aliphatic carbocycles. The summed E-state index contributed by atoms with van der Waals surface area (Å²) in [6.07, 6.45) is 2.13. The molecule has 0 saturated carbocycles. The third-order valence-electron chi connectivity index (χ3n) is 6.55. The quantitative estimate of drug-likeness (QED) is 0.596. The molecular formula is C26H26N4O4. The summed E-state index contributed by atoms with van der Waals surface area (Å²) in [7, 11) is 0. The van der Waals surface area contributed by atoms with Gasteiger partial charge in [0.15, 0.2) is 0 Å². The number of aromatic nitrogens is 2. The molecule has 2 heterocycles. The van der Waals surface area contributed by atoms with E-state index in [-0.39, 0.29) is 24.7 Å². The number of amides is 1. The van der Waals surface area contributed by atoms with Crippen LogP contribution in [0.15, 0.2) is 40.9 Å². The van der Waals surface area contributed by atoms with Crippen LogP contribution in [0.3, 0.4) is 0 Å². The van der Waals surface area contributed by atoms with E-state index in [0.717, 1.165) is 29.5 Å². The molecule has 1 aromatic heterocycles. The monoisotopic (exact) mass is 458 g/mol. The third-order valence-corrected chi connectivity index (χ3v) is 6.55. The molecule has 2 aliphatic rings. The van der Waals surface area contributed by atoms with Gasteiger partial charge in [0.2, 0.25) is 11.7 Å². The van der Waals surface area contributed by atoms with Crippen molar-refractivity contribution >= 4 is 5.91 Å². The Kier molecular flexibility index (Phi) is 5.80. The maximum Gasteiger partial charge on any atom is 0.258 e. The molecule has 0 unspecified atom stereocenters. The predicted octanol–water partition coefficient (Wildman–Crippen LogP) is 3.89. The SMILES string of the molecule is CC(C)Oc1ccc(-c2nc(-c3cccc4c3C[C@@H]3CCC(=O)N(CCO)[C@H]43)no2)cc1C#N. The Balaban J connectivity index is 1.48. The number of hydrogen-bond acceptors (Lipinski definition) is 7. The normalized spacial score (nSPS) is 19.1. The minimum absolute atomic E-state index is 0.0265. The maximum atomic E-state index is 12.5. The number of aliphatic hydroxyl groups is 1. The lowest BCUT2D eigenvalue weighted by atomic mass is 9.89. The minimum Gasteiger partial charge on any atom is -0.490 e. The van der Waals surface area contributed by atoms with Crippen LogP contribution in [-0.2, 0) is 11.2 Å². The second kappa shape index (κ2) is 8.92. The van der Waals surface area contributed by atoms with Crippen LogP contribution in [0.2, 0.25) is 0 Å². The number of β-amino-alcohol motifs (C(OH)–C–C–N with tert-alkyl or cyclic N) is 1. The van der Waals surface area contributed by atoms with Gasteiger partial charge in [-0.1, -0.05) is 23.4 Å². The van der Waals surface area contributed by atoms with Crippen molar-refractivity contribution in [3.8, 4) is 34.7 Å². The van der Waals surface area contributed by atoms with E-state index < -0.39 is 0 Å². The lowest BCUT2D eigenvalue weighted by Gasteiger charge is -2.37. The molecule has 1 amide bonds. The van der Waals surface area contributed by atoms with Gasteiger partial charge >= 0.3 is 0 Å². The number of piperidine rings is 1. The van der Waals surface area contributed by atoms with Crippen LogP contribution < -0.4 is 4.74 Å². The van der Waals surface area contributed by atoms with Gasteiger partial charge in [-0.05, 0) is 61.9 Å². The van der Waals surface area contributed by atoms with Gasteiger partial charge in [0.25, 0.3) is 5.89 Å². The first kappa shape index (κ1) is 22.1. The highest BCUT2D eigenvalue weighted by atomic mass is 16.5. The van der Waals surface area contributed by atoms with Crippen LogP contribution in [0.1, 0.15) is 49.4 Å². The first-order valence-corrected chi connectivity index (χ1v) is 11.6. The molecule has 1 fully saturated rings. The van der Waals surface area contributed by atoms with Crippen molar-refractivity contribution in [3.05, 3.63) is 53.1 Å². The number of aliphatic hydroxyl groups excluding tert-OH is 1. The van der Waals surface area contributed by atoms with Crippen LogP contribution in [0, 0.1) is 17.2 Å². The Labute approximate surface area is 197 Å². The molecule has 34 heavy (non-hydrogen) atoms. The fourth-order valence-corrected chi connectivity index (χ4v) is 5.17. The fraction of sp³-hybridized carbons (Fsp3) is 0.385. The lowest BCUT2D eigenvalue weighted by molar-refractivity contribution is -0.139. The standard InChI is InChI=1S/C26H26N4O4/c1-15(2)33-22-8-6-17(12-18(22)14-27)26-28-25(29-34-26)20-5-3-4-19-21(20)13-16-7-9-23(32)30(10-11-31)24(16)19/h3-6,8,12,15-16,24,31H,7,9-11,13H2,1-2H3/t16-,24-/m0/s1. The summed E-state index contributed by atoms with van der Waals surface area (Å²) in [5, 5.41) is 23.3. The number of hydrogen-bond donors (Lipinski definition) is 1. The lowest BCUT2D eigenvalue weighted by Crippen LogP contribution is -2.42. The molecule has 2 atom stereocenters. The molecule has 8 heteroatoms. The molecule has 8 nitrogen and oxygen atoms in total. The van der Waals surface area contributed by atoms with E-state index >= 15 is 0 Å². The van der Waals surface area contributed by atoms with Crippen LogP contribution in [0.4, 0.5) is 0 Å². The number of likely N-dealkylation sites (tertiary alicyclic amines) is 1. The number of nitrogens with zero attached hydrogens (tertiary/aromatic N) is 4. The van der Waals surface area contributed by atoms with Gasteiger partial charge in [-0.2, -0.15) is 10.2 Å². The zero-order chi connectivity index (χ0) is 23.8. The molecular weight excluding hydrogens is 432 g/mol. The molecule has 3 aromatic rings. The average molecular weight is 459 g/mol. The van der Waals surface area contributed by atoms with Crippen LogP contribution in [-0.4, -0.2) is 45.3 Å². The molecule has 2 aromatic carbocycles. The van der Waals surface area contributed by atoms with E-state index in [0.29, 0.717) is 47.5 Å². The fourth-order valence-electron chi connectivity index (χ4n) is 5.17. The Morgan fingerprint density at radius 2 is 2.18 bits per heavy atom. The Morgan fingerprint density at radius 1 is 1.32 bits per heavy atom. The zero-order valence-corrected chi connectivity index (χ0v) is 19.2. The molecule has 5 rings (SSSR count). The Hall–Kier alpha value is -3.70. The number of carbonyl (C=O) groups excluding carboxylic acids is 1. The molecule has 1 saturated heterocycles. The van der Waals surface area contributed by atoms with Gasteiger partial charge in [-0.25, -0.2) is 0 Å². The van der Waals surface area contributed by atoms with Gasteiger partial charge in [-0.15, -0.1) is 0 Å². The Bertz CT molecular complexity index is 1280. The molecule has 1 aliphatic heterocycles. The van der Waals surface area contributed by atoms with Crippen molar-refractivity contribution < 1.29 is 19.2 Å². The summed E-state index contributed by atoms with van der Waals surface area (Å²) in [5.74, 6) is 1.73. The summed E-state index contributed by atoms with van der Waals surface area (Å²) >= 11 is 0.